The van der Waals surface area contributed by atoms with Gasteiger partial charge < -0.3 is 10.1 Å². The number of hydrogen-bond donors (Lipinski definition) is 2. The van der Waals surface area contributed by atoms with Crippen molar-refractivity contribution in [2.75, 3.05) is 19.0 Å². The van der Waals surface area contributed by atoms with Gasteiger partial charge in [-0.3, -0.25) is 4.79 Å². The maximum Gasteiger partial charge on any atom is 0.240 e. The number of ether oxygens (including phenoxy) is 1. The first-order valence-corrected chi connectivity index (χ1v) is 7.85. The quantitative estimate of drug-likeness (QED) is 0.845. The third-order valence-electron chi connectivity index (χ3n) is 3.06. The first-order valence-electron chi connectivity index (χ1n) is 6.36. The van der Waals surface area contributed by atoms with E-state index in [2.05, 4.69) is 10.0 Å². The van der Waals surface area contributed by atoms with E-state index in [1.165, 1.54) is 13.2 Å². The summed E-state index contributed by atoms with van der Waals surface area (Å²) in [6, 6.07) is 4.42. The van der Waals surface area contributed by atoms with Gasteiger partial charge in [0.1, 0.15) is 0 Å². The highest BCUT2D eigenvalue weighted by Crippen LogP contribution is 2.25. The van der Waals surface area contributed by atoms with Gasteiger partial charge >= 0.3 is 0 Å². The summed E-state index contributed by atoms with van der Waals surface area (Å²) in [6.07, 6.45) is 0.933. The molecule has 0 aromatic heterocycles. The predicted molar refractivity (Wildman–Crippen MR) is 75.1 cm³/mol. The van der Waals surface area contributed by atoms with Crippen LogP contribution in [0.5, 0.6) is 0 Å². The molecule has 2 rings (SSSR count). The van der Waals surface area contributed by atoms with Crippen molar-refractivity contribution in [1.82, 2.24) is 4.72 Å². The van der Waals surface area contributed by atoms with E-state index in [0.29, 0.717) is 25.1 Å². The van der Waals surface area contributed by atoms with Crippen LogP contribution in [0.1, 0.15) is 18.9 Å². The highest BCUT2D eigenvalue weighted by molar-refractivity contribution is 7.89. The fourth-order valence-electron chi connectivity index (χ4n) is 2.14. The number of nitrogens with one attached hydrogen (secondary N) is 2. The molecule has 7 heteroatoms. The number of hydrogen-bond acceptors (Lipinski definition) is 4. The van der Waals surface area contributed by atoms with E-state index in [0.717, 1.165) is 5.56 Å². The molecule has 6 nitrogen and oxygen atoms in total. The summed E-state index contributed by atoms with van der Waals surface area (Å²) >= 11 is 0. The van der Waals surface area contributed by atoms with Gasteiger partial charge in [0.25, 0.3) is 0 Å². The van der Waals surface area contributed by atoms with Crippen LogP contribution >= 0.6 is 0 Å². The Kier molecular flexibility index (Phi) is 4.42. The molecule has 20 heavy (non-hydrogen) atoms. The first kappa shape index (κ1) is 15.0. The number of aryl methyl sites for hydroxylation is 1. The van der Waals surface area contributed by atoms with Crippen molar-refractivity contribution in [2.45, 2.75) is 30.7 Å². The van der Waals surface area contributed by atoms with Crippen molar-refractivity contribution in [2.24, 2.45) is 0 Å². The summed E-state index contributed by atoms with van der Waals surface area (Å²) < 4.78 is 31.9. The highest BCUT2D eigenvalue weighted by Gasteiger charge is 2.21. The van der Waals surface area contributed by atoms with E-state index in [9.17, 15) is 13.2 Å². The smallest absolute Gasteiger partial charge is 0.240 e. The molecule has 0 unspecified atom stereocenters. The van der Waals surface area contributed by atoms with Gasteiger partial charge in [-0.15, -0.1) is 0 Å². The number of carbonyl (C=O) groups excluding carboxylic acids is 1. The van der Waals surface area contributed by atoms with Crippen LogP contribution in [-0.2, 0) is 26.0 Å². The van der Waals surface area contributed by atoms with Crippen LogP contribution < -0.4 is 10.0 Å². The fraction of sp³-hybridized carbons (Fsp3) is 0.462. The Labute approximate surface area is 118 Å². The van der Waals surface area contributed by atoms with E-state index >= 15 is 0 Å². The number of methoxy groups -OCH3 is 1. The zero-order valence-electron chi connectivity index (χ0n) is 11.5. The van der Waals surface area contributed by atoms with Crippen LogP contribution in [0.25, 0.3) is 0 Å². The summed E-state index contributed by atoms with van der Waals surface area (Å²) in [6.45, 7) is 2.04. The molecule has 1 atom stereocenters. The molecule has 0 saturated carbocycles. The van der Waals surface area contributed by atoms with Crippen LogP contribution in [0.15, 0.2) is 23.1 Å². The molecule has 0 saturated heterocycles. The molecule has 110 valence electrons. The average Bonchev–Trinajstić information content (AvgIpc) is 2.37. The first-order chi connectivity index (χ1) is 9.42. The molecule has 1 aromatic carbocycles. The number of amides is 1. The zero-order valence-corrected chi connectivity index (χ0v) is 12.3. The van der Waals surface area contributed by atoms with Crippen LogP contribution in [0.2, 0.25) is 0 Å². The van der Waals surface area contributed by atoms with Crippen LogP contribution in [0, 0.1) is 0 Å². The van der Waals surface area contributed by atoms with Gasteiger partial charge in [-0.05, 0) is 37.1 Å². The Bertz CT molecular complexity index is 613. The van der Waals surface area contributed by atoms with Crippen molar-refractivity contribution in [3.8, 4) is 0 Å². The molecule has 1 heterocycles. The largest absolute Gasteiger partial charge is 0.383 e. The number of carbonyl (C=O) groups is 1. The van der Waals surface area contributed by atoms with Crippen molar-refractivity contribution >= 4 is 21.6 Å². The van der Waals surface area contributed by atoms with Crippen LogP contribution in [0.4, 0.5) is 5.69 Å². The number of benzene rings is 1. The van der Waals surface area contributed by atoms with Gasteiger partial charge in [0.05, 0.1) is 11.5 Å². The predicted octanol–water partition coefficient (Wildman–Crippen LogP) is 0.884. The topological polar surface area (TPSA) is 84.5 Å². The normalized spacial score (nSPS) is 16.4. The van der Waals surface area contributed by atoms with E-state index in [4.69, 9.17) is 4.74 Å². The Hall–Kier alpha value is -1.44. The number of sulfonamides is 1. The Morgan fingerprint density at radius 1 is 1.40 bits per heavy atom. The maximum atomic E-state index is 12.2. The van der Waals surface area contributed by atoms with E-state index < -0.39 is 10.0 Å². The maximum absolute atomic E-state index is 12.2. The number of fused-ring (bicyclic) bond motifs is 1. The standard InChI is InChI=1S/C13H18N2O4S/c1-9(8-19-2)15-20(17,18)11-4-5-12-10(7-11)3-6-13(16)14-12/h4-5,7,9,15H,3,6,8H2,1-2H3,(H,14,16)/t9-/m1/s1. The third-order valence-corrected chi connectivity index (χ3v) is 4.64. The molecule has 0 spiro atoms. The number of anilines is 1. The third kappa shape index (κ3) is 3.36. The molecular weight excluding hydrogens is 280 g/mol. The van der Waals surface area contributed by atoms with Gasteiger partial charge in [0.2, 0.25) is 15.9 Å². The van der Waals surface area contributed by atoms with E-state index in [-0.39, 0.29) is 16.8 Å². The van der Waals surface area contributed by atoms with Crippen molar-refractivity contribution in [3.05, 3.63) is 23.8 Å². The van der Waals surface area contributed by atoms with E-state index in [1.54, 1.807) is 19.1 Å². The molecule has 0 fully saturated rings. The van der Waals surface area contributed by atoms with Gasteiger partial charge in [-0.25, -0.2) is 13.1 Å². The summed E-state index contributed by atoms with van der Waals surface area (Å²) in [4.78, 5) is 11.5. The van der Waals surface area contributed by atoms with Crippen LogP contribution in [0.3, 0.4) is 0 Å². The minimum absolute atomic E-state index is 0.0417. The molecular formula is C13H18N2O4S. The second kappa shape index (κ2) is 5.90. The van der Waals surface area contributed by atoms with Crippen molar-refractivity contribution in [1.29, 1.82) is 0 Å². The molecule has 0 bridgehead atoms. The lowest BCUT2D eigenvalue weighted by molar-refractivity contribution is -0.116. The Morgan fingerprint density at radius 2 is 2.15 bits per heavy atom. The summed E-state index contributed by atoms with van der Waals surface area (Å²) in [5.74, 6) is -0.0417. The monoisotopic (exact) mass is 298 g/mol. The van der Waals surface area contributed by atoms with E-state index in [1.807, 2.05) is 0 Å². The zero-order chi connectivity index (χ0) is 14.8. The van der Waals surface area contributed by atoms with Gasteiger partial charge in [0, 0.05) is 25.3 Å². The molecule has 1 aliphatic rings. The fourth-order valence-corrected chi connectivity index (χ4v) is 3.42. The Balaban J connectivity index is 2.23. The summed E-state index contributed by atoms with van der Waals surface area (Å²) in [7, 11) is -2.05. The number of rotatable bonds is 5. The molecule has 0 aliphatic carbocycles. The lowest BCUT2D eigenvalue weighted by Gasteiger charge is -2.18. The van der Waals surface area contributed by atoms with Gasteiger partial charge in [-0.2, -0.15) is 0 Å². The van der Waals surface area contributed by atoms with Gasteiger partial charge in [0.15, 0.2) is 0 Å². The molecule has 1 aliphatic heterocycles. The highest BCUT2D eigenvalue weighted by atomic mass is 32.2. The second-order valence-corrected chi connectivity index (χ2v) is 6.56. The SMILES string of the molecule is COC[C@@H](C)NS(=O)(=O)c1ccc2c(c1)CCC(=O)N2. The van der Waals surface area contributed by atoms with Crippen LogP contribution in [-0.4, -0.2) is 34.1 Å². The summed E-state index contributed by atoms with van der Waals surface area (Å²) in [5, 5.41) is 2.73. The second-order valence-electron chi connectivity index (χ2n) is 4.84. The molecule has 1 amide bonds. The van der Waals surface area contributed by atoms with Crippen molar-refractivity contribution < 1.29 is 17.9 Å². The van der Waals surface area contributed by atoms with Crippen molar-refractivity contribution in [3.63, 3.8) is 0 Å². The summed E-state index contributed by atoms with van der Waals surface area (Å²) in [5.41, 5.74) is 1.53. The average molecular weight is 298 g/mol. The molecule has 1 aromatic rings. The Morgan fingerprint density at radius 3 is 2.85 bits per heavy atom. The molecule has 0 radical (unpaired) electrons. The lowest BCUT2D eigenvalue weighted by atomic mass is 10.0. The lowest BCUT2D eigenvalue weighted by Crippen LogP contribution is -2.35. The minimum atomic E-state index is -3.57. The molecule has 2 N–H and O–H groups in total. The minimum Gasteiger partial charge on any atom is -0.383 e. The van der Waals surface area contributed by atoms with Gasteiger partial charge in [-0.1, -0.05) is 0 Å².